The van der Waals surface area contributed by atoms with Crippen molar-refractivity contribution < 1.29 is 9.53 Å². The third-order valence-electron chi connectivity index (χ3n) is 4.05. The van der Waals surface area contributed by atoms with Crippen molar-refractivity contribution in [1.29, 1.82) is 0 Å². The van der Waals surface area contributed by atoms with Crippen LogP contribution in [0.2, 0.25) is 0 Å². The van der Waals surface area contributed by atoms with Crippen molar-refractivity contribution in [3.63, 3.8) is 0 Å². The average Bonchev–Trinajstić information content (AvgIpc) is 2.44. The largest absolute Gasteiger partial charge is 0.493 e. The highest BCUT2D eigenvalue weighted by molar-refractivity contribution is 5.84. The third-order valence-corrected chi connectivity index (χ3v) is 4.05. The average molecular weight is 292 g/mol. The fraction of sp³-hybridized carbons (Fsp3) is 0.588. The van der Waals surface area contributed by atoms with Gasteiger partial charge < -0.3 is 15.8 Å². The van der Waals surface area contributed by atoms with Crippen LogP contribution in [0.4, 0.5) is 0 Å². The first-order valence-corrected chi connectivity index (χ1v) is 7.52. The Morgan fingerprint density at radius 2 is 2.10 bits per heavy atom. The van der Waals surface area contributed by atoms with Gasteiger partial charge in [0.05, 0.1) is 12.1 Å². The van der Waals surface area contributed by atoms with Gasteiger partial charge in [0, 0.05) is 0 Å². The van der Waals surface area contributed by atoms with E-state index in [1.54, 1.807) is 7.05 Å². The first-order valence-electron chi connectivity index (χ1n) is 7.52. The maximum Gasteiger partial charge on any atom is 0.237 e. The molecule has 1 unspecified atom stereocenters. The number of benzene rings is 1. The molecule has 0 radical (unpaired) electrons. The molecule has 0 spiro atoms. The minimum Gasteiger partial charge on any atom is -0.493 e. The zero-order chi connectivity index (χ0) is 16.0. The van der Waals surface area contributed by atoms with E-state index in [1.165, 1.54) is 5.56 Å². The van der Waals surface area contributed by atoms with Crippen molar-refractivity contribution in [2.75, 3.05) is 13.7 Å². The van der Waals surface area contributed by atoms with E-state index in [4.69, 9.17) is 10.5 Å². The fourth-order valence-electron chi connectivity index (χ4n) is 2.11. The van der Waals surface area contributed by atoms with Crippen LogP contribution in [0, 0.1) is 6.92 Å². The molecule has 1 amide bonds. The summed E-state index contributed by atoms with van der Waals surface area (Å²) < 4.78 is 5.87. The highest BCUT2D eigenvalue weighted by Gasteiger charge is 2.28. The van der Waals surface area contributed by atoms with Crippen LogP contribution in [0.15, 0.2) is 18.2 Å². The molecule has 0 aliphatic heterocycles. The summed E-state index contributed by atoms with van der Waals surface area (Å²) in [5.74, 6) is 1.07. The van der Waals surface area contributed by atoms with Crippen LogP contribution in [-0.4, -0.2) is 25.1 Å². The molecule has 0 aliphatic carbocycles. The molecule has 1 rings (SSSR count). The predicted octanol–water partition coefficient (Wildman–Crippen LogP) is 2.74. The number of likely N-dealkylation sites (N-methyl/N-ethyl adjacent to an activating group) is 1. The standard InChI is InChI=1S/C17H28N2O2/c1-12(2)14-8-7-13(3)15(11-14)21-10-6-9-17(4,19-5)16(18)20/h7-8,11-12,19H,6,9-10H2,1-5H3,(H2,18,20). The predicted molar refractivity (Wildman–Crippen MR) is 86.7 cm³/mol. The monoisotopic (exact) mass is 292 g/mol. The van der Waals surface area contributed by atoms with Gasteiger partial charge >= 0.3 is 0 Å². The first kappa shape index (κ1) is 17.5. The van der Waals surface area contributed by atoms with Gasteiger partial charge in [-0.25, -0.2) is 0 Å². The van der Waals surface area contributed by atoms with Crippen LogP contribution in [-0.2, 0) is 4.79 Å². The molecular formula is C17H28N2O2. The highest BCUT2D eigenvalue weighted by atomic mass is 16.5. The topological polar surface area (TPSA) is 64.3 Å². The Labute approximate surface area is 128 Å². The second kappa shape index (κ2) is 7.46. The molecule has 0 saturated heterocycles. The lowest BCUT2D eigenvalue weighted by Crippen LogP contribution is -2.51. The fourth-order valence-corrected chi connectivity index (χ4v) is 2.11. The van der Waals surface area contributed by atoms with Crippen LogP contribution in [0.3, 0.4) is 0 Å². The molecule has 0 aromatic heterocycles. The smallest absolute Gasteiger partial charge is 0.237 e. The van der Waals surface area contributed by atoms with Gasteiger partial charge in [0.15, 0.2) is 0 Å². The van der Waals surface area contributed by atoms with Crippen molar-refractivity contribution in [2.24, 2.45) is 5.73 Å². The van der Waals surface area contributed by atoms with Crippen molar-refractivity contribution in [1.82, 2.24) is 5.32 Å². The summed E-state index contributed by atoms with van der Waals surface area (Å²) in [6, 6.07) is 6.33. The number of hydrogen-bond acceptors (Lipinski definition) is 3. The van der Waals surface area contributed by atoms with E-state index < -0.39 is 5.54 Å². The Bertz CT molecular complexity index is 486. The molecule has 0 fully saturated rings. The maximum atomic E-state index is 11.4. The highest BCUT2D eigenvalue weighted by Crippen LogP contribution is 2.24. The van der Waals surface area contributed by atoms with Crippen LogP contribution < -0.4 is 15.8 Å². The van der Waals surface area contributed by atoms with Crippen molar-refractivity contribution in [3.05, 3.63) is 29.3 Å². The SMILES string of the molecule is CNC(C)(CCCOc1cc(C(C)C)ccc1C)C(N)=O. The summed E-state index contributed by atoms with van der Waals surface area (Å²) in [4.78, 5) is 11.4. The minimum atomic E-state index is -0.668. The number of amides is 1. The Morgan fingerprint density at radius 1 is 1.43 bits per heavy atom. The lowest BCUT2D eigenvalue weighted by Gasteiger charge is -2.25. The second-order valence-electron chi connectivity index (χ2n) is 6.08. The Morgan fingerprint density at radius 3 is 2.62 bits per heavy atom. The number of carbonyl (C=O) groups excluding carboxylic acids is 1. The molecule has 1 aromatic rings. The number of carbonyl (C=O) groups is 1. The van der Waals surface area contributed by atoms with Crippen molar-refractivity contribution >= 4 is 5.91 Å². The zero-order valence-corrected chi connectivity index (χ0v) is 13.8. The van der Waals surface area contributed by atoms with Gasteiger partial charge in [-0.15, -0.1) is 0 Å². The van der Waals surface area contributed by atoms with Crippen LogP contribution in [0.25, 0.3) is 0 Å². The normalized spacial score (nSPS) is 14.0. The number of nitrogens with one attached hydrogen (secondary N) is 1. The van der Waals surface area contributed by atoms with Crippen LogP contribution in [0.1, 0.15) is 50.7 Å². The molecule has 21 heavy (non-hydrogen) atoms. The Balaban J connectivity index is 2.57. The summed E-state index contributed by atoms with van der Waals surface area (Å²) in [5.41, 5.74) is 7.14. The van der Waals surface area contributed by atoms with E-state index >= 15 is 0 Å². The molecular weight excluding hydrogens is 264 g/mol. The quantitative estimate of drug-likeness (QED) is 0.724. The molecule has 4 heteroatoms. The Kier molecular flexibility index (Phi) is 6.21. The molecule has 0 heterocycles. The summed E-state index contributed by atoms with van der Waals surface area (Å²) in [6.07, 6.45) is 1.42. The van der Waals surface area contributed by atoms with E-state index in [-0.39, 0.29) is 5.91 Å². The van der Waals surface area contributed by atoms with E-state index in [0.29, 0.717) is 18.9 Å². The van der Waals surface area contributed by atoms with E-state index in [9.17, 15) is 4.79 Å². The molecule has 1 aromatic carbocycles. The molecule has 0 aliphatic rings. The first-order chi connectivity index (χ1) is 9.80. The lowest BCUT2D eigenvalue weighted by atomic mass is 9.95. The van der Waals surface area contributed by atoms with Gasteiger partial charge in [-0.3, -0.25) is 4.79 Å². The number of nitrogens with two attached hydrogens (primary N) is 1. The number of aryl methyl sites for hydroxylation is 1. The van der Waals surface area contributed by atoms with Gasteiger partial charge in [-0.05, 0) is 56.8 Å². The van der Waals surface area contributed by atoms with Gasteiger partial charge in [0.2, 0.25) is 5.91 Å². The number of rotatable bonds is 8. The van der Waals surface area contributed by atoms with E-state index in [2.05, 4.69) is 37.4 Å². The van der Waals surface area contributed by atoms with Gasteiger partial charge in [-0.2, -0.15) is 0 Å². The molecule has 4 nitrogen and oxygen atoms in total. The summed E-state index contributed by atoms with van der Waals surface area (Å²) in [5, 5.41) is 2.98. The summed E-state index contributed by atoms with van der Waals surface area (Å²) >= 11 is 0. The van der Waals surface area contributed by atoms with Crippen LogP contribution in [0.5, 0.6) is 5.75 Å². The molecule has 118 valence electrons. The Hall–Kier alpha value is -1.55. The second-order valence-corrected chi connectivity index (χ2v) is 6.08. The third kappa shape index (κ3) is 4.74. The zero-order valence-electron chi connectivity index (χ0n) is 13.8. The van der Waals surface area contributed by atoms with Crippen LogP contribution >= 0.6 is 0 Å². The van der Waals surface area contributed by atoms with E-state index in [1.807, 2.05) is 13.8 Å². The number of hydrogen-bond donors (Lipinski definition) is 2. The van der Waals surface area contributed by atoms with Gasteiger partial charge in [0.1, 0.15) is 5.75 Å². The van der Waals surface area contributed by atoms with Gasteiger partial charge in [0.25, 0.3) is 0 Å². The molecule has 1 atom stereocenters. The number of ether oxygens (including phenoxy) is 1. The minimum absolute atomic E-state index is 0.331. The maximum absolute atomic E-state index is 11.4. The summed E-state index contributed by atoms with van der Waals surface area (Å²) in [7, 11) is 1.75. The van der Waals surface area contributed by atoms with Gasteiger partial charge in [-0.1, -0.05) is 26.0 Å². The summed E-state index contributed by atoms with van der Waals surface area (Å²) in [6.45, 7) is 8.77. The van der Waals surface area contributed by atoms with E-state index in [0.717, 1.165) is 17.7 Å². The molecule has 3 N–H and O–H groups in total. The molecule has 0 bridgehead atoms. The number of primary amides is 1. The molecule has 0 saturated carbocycles. The van der Waals surface area contributed by atoms with Crippen molar-refractivity contribution in [2.45, 2.75) is 52.0 Å². The van der Waals surface area contributed by atoms with Crippen molar-refractivity contribution in [3.8, 4) is 5.75 Å². The lowest BCUT2D eigenvalue weighted by molar-refractivity contribution is -0.123.